The van der Waals surface area contributed by atoms with Crippen molar-refractivity contribution in [3.05, 3.63) is 35.9 Å². The van der Waals surface area contributed by atoms with Crippen LogP contribution < -0.4 is 5.32 Å². The van der Waals surface area contributed by atoms with E-state index in [2.05, 4.69) is 49.5 Å². The highest BCUT2D eigenvalue weighted by molar-refractivity contribution is 5.18. The Morgan fingerprint density at radius 2 is 1.81 bits per heavy atom. The quantitative estimate of drug-likeness (QED) is 0.653. The summed E-state index contributed by atoms with van der Waals surface area (Å²) in [5, 5.41) is 3.37. The molecule has 0 saturated carbocycles. The average Bonchev–Trinajstić information content (AvgIpc) is 2.34. The summed E-state index contributed by atoms with van der Waals surface area (Å²) >= 11 is 0. The van der Waals surface area contributed by atoms with Crippen molar-refractivity contribution < 1.29 is 0 Å². The van der Waals surface area contributed by atoms with Crippen molar-refractivity contribution in [2.75, 3.05) is 13.1 Å². The maximum Gasteiger partial charge on any atom is -0.00490 e. The van der Waals surface area contributed by atoms with E-state index in [-0.39, 0.29) is 0 Å². The zero-order valence-corrected chi connectivity index (χ0v) is 10.7. The van der Waals surface area contributed by atoms with Gasteiger partial charge in [0.25, 0.3) is 0 Å². The third-order valence-corrected chi connectivity index (χ3v) is 3.11. The Morgan fingerprint density at radius 1 is 1.06 bits per heavy atom. The fourth-order valence-electron chi connectivity index (χ4n) is 2.00. The van der Waals surface area contributed by atoms with E-state index >= 15 is 0 Å². The van der Waals surface area contributed by atoms with Gasteiger partial charge in [-0.25, -0.2) is 0 Å². The highest BCUT2D eigenvalue weighted by atomic mass is 14.8. The normalized spacial score (nSPS) is 12.6. The van der Waals surface area contributed by atoms with E-state index in [9.17, 15) is 0 Å². The van der Waals surface area contributed by atoms with Gasteiger partial charge >= 0.3 is 0 Å². The van der Waals surface area contributed by atoms with Crippen molar-refractivity contribution in [1.82, 2.24) is 5.32 Å². The minimum atomic E-state index is 0.709. The Kier molecular flexibility index (Phi) is 6.91. The maximum absolute atomic E-state index is 3.37. The van der Waals surface area contributed by atoms with Crippen LogP contribution in [-0.4, -0.2) is 13.1 Å². The van der Waals surface area contributed by atoms with Gasteiger partial charge in [0.15, 0.2) is 0 Å². The van der Waals surface area contributed by atoms with Gasteiger partial charge in [0, 0.05) is 0 Å². The second-order valence-electron chi connectivity index (χ2n) is 4.51. The van der Waals surface area contributed by atoms with E-state index < -0.39 is 0 Å². The van der Waals surface area contributed by atoms with E-state index in [1.807, 2.05) is 0 Å². The number of hydrogen-bond acceptors (Lipinski definition) is 1. The maximum atomic E-state index is 3.37. The molecule has 1 aromatic carbocycles. The third kappa shape index (κ3) is 5.32. The first kappa shape index (κ1) is 13.2. The van der Waals surface area contributed by atoms with Gasteiger partial charge in [-0.2, -0.15) is 0 Å². The Bertz CT molecular complexity index is 255. The first-order valence-corrected chi connectivity index (χ1v) is 6.60. The van der Waals surface area contributed by atoms with Crippen molar-refractivity contribution in [2.45, 2.75) is 45.4 Å². The Morgan fingerprint density at radius 3 is 2.50 bits per heavy atom. The molecule has 1 nitrogen and oxygen atoms in total. The molecule has 0 bridgehead atoms. The average molecular weight is 219 g/mol. The summed E-state index contributed by atoms with van der Waals surface area (Å²) in [7, 11) is 0. The van der Waals surface area contributed by atoms with Crippen LogP contribution in [0.1, 0.15) is 51.0 Å². The van der Waals surface area contributed by atoms with Crippen molar-refractivity contribution in [3.63, 3.8) is 0 Å². The SMILES string of the molecule is CCNCCCCCC(C)c1ccccc1. The van der Waals surface area contributed by atoms with Gasteiger partial charge in [-0.05, 0) is 37.4 Å². The van der Waals surface area contributed by atoms with Crippen LogP contribution in [0.15, 0.2) is 30.3 Å². The van der Waals surface area contributed by atoms with Crippen molar-refractivity contribution in [3.8, 4) is 0 Å². The van der Waals surface area contributed by atoms with Crippen LogP contribution in [0.4, 0.5) is 0 Å². The number of benzene rings is 1. The van der Waals surface area contributed by atoms with Crippen molar-refractivity contribution in [1.29, 1.82) is 0 Å². The molecule has 0 aliphatic rings. The lowest BCUT2D eigenvalue weighted by Crippen LogP contribution is -2.13. The number of rotatable bonds is 8. The van der Waals surface area contributed by atoms with E-state index in [1.165, 1.54) is 37.8 Å². The van der Waals surface area contributed by atoms with Gasteiger partial charge < -0.3 is 5.32 Å². The molecule has 1 rings (SSSR count). The lowest BCUT2D eigenvalue weighted by molar-refractivity contribution is 0.564. The molecule has 16 heavy (non-hydrogen) atoms. The molecular formula is C15H25N. The summed E-state index contributed by atoms with van der Waals surface area (Å²) in [6.07, 6.45) is 5.33. The first-order chi connectivity index (χ1) is 7.84. The number of nitrogens with one attached hydrogen (secondary N) is 1. The lowest BCUT2D eigenvalue weighted by Gasteiger charge is -2.11. The van der Waals surface area contributed by atoms with Crippen LogP contribution in [0, 0.1) is 0 Å². The van der Waals surface area contributed by atoms with E-state index in [1.54, 1.807) is 0 Å². The molecule has 1 heteroatoms. The third-order valence-electron chi connectivity index (χ3n) is 3.11. The monoisotopic (exact) mass is 219 g/mol. The Balaban J connectivity index is 2.09. The molecule has 1 unspecified atom stereocenters. The van der Waals surface area contributed by atoms with Gasteiger partial charge in [0.1, 0.15) is 0 Å². The van der Waals surface area contributed by atoms with Crippen LogP contribution >= 0.6 is 0 Å². The minimum absolute atomic E-state index is 0.709. The number of hydrogen-bond donors (Lipinski definition) is 1. The highest BCUT2D eigenvalue weighted by Gasteiger charge is 2.03. The molecule has 0 saturated heterocycles. The summed E-state index contributed by atoms with van der Waals surface area (Å²) < 4.78 is 0. The largest absolute Gasteiger partial charge is 0.317 e. The minimum Gasteiger partial charge on any atom is -0.317 e. The smallest absolute Gasteiger partial charge is 0.00490 e. The van der Waals surface area contributed by atoms with E-state index in [0.717, 1.165) is 6.54 Å². The second-order valence-corrected chi connectivity index (χ2v) is 4.51. The standard InChI is InChI=1S/C15H25N/c1-3-16-13-9-5-6-10-14(2)15-11-7-4-8-12-15/h4,7-8,11-12,14,16H,3,5-6,9-10,13H2,1-2H3. The van der Waals surface area contributed by atoms with Crippen LogP contribution in [0.2, 0.25) is 0 Å². The molecule has 0 aromatic heterocycles. The fraction of sp³-hybridized carbons (Fsp3) is 0.600. The van der Waals surface area contributed by atoms with Crippen LogP contribution in [0.3, 0.4) is 0 Å². The van der Waals surface area contributed by atoms with Crippen molar-refractivity contribution >= 4 is 0 Å². The van der Waals surface area contributed by atoms with E-state index in [0.29, 0.717) is 5.92 Å². The first-order valence-electron chi connectivity index (χ1n) is 6.60. The zero-order chi connectivity index (χ0) is 11.6. The lowest BCUT2D eigenvalue weighted by atomic mass is 9.95. The topological polar surface area (TPSA) is 12.0 Å². The summed E-state index contributed by atoms with van der Waals surface area (Å²) in [6, 6.07) is 10.8. The molecule has 1 aromatic rings. The van der Waals surface area contributed by atoms with Gasteiger partial charge in [-0.3, -0.25) is 0 Å². The summed E-state index contributed by atoms with van der Waals surface area (Å²) in [5.74, 6) is 0.709. The molecule has 90 valence electrons. The number of unbranched alkanes of at least 4 members (excludes halogenated alkanes) is 2. The van der Waals surface area contributed by atoms with Crippen molar-refractivity contribution in [2.24, 2.45) is 0 Å². The van der Waals surface area contributed by atoms with E-state index in [4.69, 9.17) is 0 Å². The molecular weight excluding hydrogens is 194 g/mol. The molecule has 1 N–H and O–H groups in total. The van der Waals surface area contributed by atoms with Crippen LogP contribution in [-0.2, 0) is 0 Å². The van der Waals surface area contributed by atoms with Crippen LogP contribution in [0.5, 0.6) is 0 Å². The summed E-state index contributed by atoms with van der Waals surface area (Å²) in [6.45, 7) is 6.77. The Labute approximate surface area is 100 Å². The molecule has 0 heterocycles. The summed E-state index contributed by atoms with van der Waals surface area (Å²) in [4.78, 5) is 0. The second kappa shape index (κ2) is 8.35. The van der Waals surface area contributed by atoms with Crippen LogP contribution in [0.25, 0.3) is 0 Å². The van der Waals surface area contributed by atoms with Gasteiger partial charge in [-0.15, -0.1) is 0 Å². The predicted molar refractivity (Wildman–Crippen MR) is 71.9 cm³/mol. The zero-order valence-electron chi connectivity index (χ0n) is 10.7. The molecule has 1 atom stereocenters. The molecule has 0 radical (unpaired) electrons. The Hall–Kier alpha value is -0.820. The predicted octanol–water partition coefficient (Wildman–Crippen LogP) is 3.96. The molecule has 0 amide bonds. The summed E-state index contributed by atoms with van der Waals surface area (Å²) in [5.41, 5.74) is 1.48. The van der Waals surface area contributed by atoms with Gasteiger partial charge in [-0.1, -0.05) is 57.0 Å². The van der Waals surface area contributed by atoms with Gasteiger partial charge in [0.2, 0.25) is 0 Å². The molecule has 0 spiro atoms. The fourth-order valence-corrected chi connectivity index (χ4v) is 2.00. The highest BCUT2D eigenvalue weighted by Crippen LogP contribution is 2.21. The van der Waals surface area contributed by atoms with Gasteiger partial charge in [0.05, 0.1) is 0 Å². The molecule has 0 aliphatic heterocycles. The molecule has 0 aliphatic carbocycles. The molecule has 0 fully saturated rings.